The van der Waals surface area contributed by atoms with Gasteiger partial charge in [0.15, 0.2) is 0 Å². The quantitative estimate of drug-likeness (QED) is 0.525. The smallest absolute Gasteiger partial charge is 0.311 e. The average molecular weight is 293 g/mol. The van der Waals surface area contributed by atoms with Crippen molar-refractivity contribution in [3.63, 3.8) is 0 Å². The Kier molecular flexibility index (Phi) is 3.65. The largest absolute Gasteiger partial charge is 0.450 e. The van der Waals surface area contributed by atoms with Gasteiger partial charge in [0, 0.05) is 30.0 Å². The second-order valence-corrected chi connectivity index (χ2v) is 3.99. The maximum absolute atomic E-state index is 13.2. The first-order valence-corrected chi connectivity index (χ1v) is 5.53. The Morgan fingerprint density at radius 3 is 2.38 bits per heavy atom. The van der Waals surface area contributed by atoms with Crippen LogP contribution in [0.15, 0.2) is 36.4 Å². The molecule has 2 N–H and O–H groups in total. The maximum atomic E-state index is 13.2. The molecule has 8 nitrogen and oxygen atoms in total. The molecule has 108 valence electrons. The third-order valence-corrected chi connectivity index (χ3v) is 2.47. The normalized spacial score (nSPS) is 10.1. The van der Waals surface area contributed by atoms with Crippen molar-refractivity contribution in [2.24, 2.45) is 0 Å². The molecule has 0 aliphatic rings. The van der Waals surface area contributed by atoms with Crippen molar-refractivity contribution in [1.82, 2.24) is 0 Å². The molecule has 9 heteroatoms. The standard InChI is InChI=1S/C12H8FN3O5/c13-7-1-2-11(16(19)20)12(3-7)21-10-5-8(14)4-9(6-10)15(17)18/h1-6H,14H2. The Bertz CT molecular complexity index is 735. The van der Waals surface area contributed by atoms with Crippen LogP contribution in [-0.4, -0.2) is 9.85 Å². The number of nitrogens with zero attached hydrogens (tertiary/aromatic N) is 2. The van der Waals surface area contributed by atoms with Crippen molar-refractivity contribution in [3.8, 4) is 11.5 Å². The number of hydrogen-bond donors (Lipinski definition) is 1. The lowest BCUT2D eigenvalue weighted by molar-refractivity contribution is -0.386. The van der Waals surface area contributed by atoms with Gasteiger partial charge in [0.2, 0.25) is 5.75 Å². The van der Waals surface area contributed by atoms with Crippen LogP contribution in [0.25, 0.3) is 0 Å². The number of nitrogens with two attached hydrogens (primary N) is 1. The molecule has 0 aliphatic carbocycles. The summed E-state index contributed by atoms with van der Waals surface area (Å²) in [6.07, 6.45) is 0. The third-order valence-electron chi connectivity index (χ3n) is 2.47. The molecule has 2 rings (SSSR count). The molecular formula is C12H8FN3O5. The molecule has 0 spiro atoms. The van der Waals surface area contributed by atoms with Gasteiger partial charge in [-0.15, -0.1) is 0 Å². The van der Waals surface area contributed by atoms with Crippen molar-refractivity contribution in [2.45, 2.75) is 0 Å². The summed E-state index contributed by atoms with van der Waals surface area (Å²) in [5.41, 5.74) is 4.71. The van der Waals surface area contributed by atoms with Crippen LogP contribution in [0.5, 0.6) is 11.5 Å². The highest BCUT2D eigenvalue weighted by molar-refractivity contribution is 5.56. The highest BCUT2D eigenvalue weighted by Crippen LogP contribution is 2.34. The van der Waals surface area contributed by atoms with E-state index in [2.05, 4.69) is 0 Å². The minimum Gasteiger partial charge on any atom is -0.450 e. The number of ether oxygens (including phenoxy) is 1. The Labute approximate surface area is 116 Å². The van der Waals surface area contributed by atoms with Crippen molar-refractivity contribution in [1.29, 1.82) is 0 Å². The van der Waals surface area contributed by atoms with Gasteiger partial charge in [-0.3, -0.25) is 20.2 Å². The van der Waals surface area contributed by atoms with Crippen LogP contribution in [0.3, 0.4) is 0 Å². The molecule has 0 unspecified atom stereocenters. The monoisotopic (exact) mass is 293 g/mol. The molecule has 2 aromatic carbocycles. The molecule has 0 radical (unpaired) electrons. The summed E-state index contributed by atoms with van der Waals surface area (Å²) in [5.74, 6) is -1.22. The van der Waals surface area contributed by atoms with Gasteiger partial charge in [0.25, 0.3) is 5.69 Å². The zero-order valence-electron chi connectivity index (χ0n) is 10.4. The third kappa shape index (κ3) is 3.21. The van der Waals surface area contributed by atoms with Crippen LogP contribution in [0.4, 0.5) is 21.5 Å². The number of nitrogen functional groups attached to an aromatic ring is 1. The van der Waals surface area contributed by atoms with Crippen molar-refractivity contribution in [2.75, 3.05) is 5.73 Å². The molecule has 0 bridgehead atoms. The lowest BCUT2D eigenvalue weighted by Crippen LogP contribution is -1.96. The first-order chi connectivity index (χ1) is 9.86. The number of hydrogen-bond acceptors (Lipinski definition) is 6. The van der Waals surface area contributed by atoms with E-state index in [0.29, 0.717) is 0 Å². The van der Waals surface area contributed by atoms with E-state index in [1.54, 1.807) is 0 Å². The summed E-state index contributed by atoms with van der Waals surface area (Å²) in [4.78, 5) is 20.1. The molecular weight excluding hydrogens is 285 g/mol. The average Bonchev–Trinajstić information content (AvgIpc) is 2.37. The van der Waals surface area contributed by atoms with E-state index < -0.39 is 21.4 Å². The molecule has 0 saturated heterocycles. The molecule has 0 aliphatic heterocycles. The minimum absolute atomic E-state index is 0.0401. The van der Waals surface area contributed by atoms with Gasteiger partial charge in [0.05, 0.1) is 15.9 Å². The van der Waals surface area contributed by atoms with Crippen LogP contribution in [0.2, 0.25) is 0 Å². The van der Waals surface area contributed by atoms with Crippen molar-refractivity contribution < 1.29 is 19.0 Å². The van der Waals surface area contributed by atoms with E-state index in [9.17, 15) is 24.6 Å². The van der Waals surface area contributed by atoms with Gasteiger partial charge < -0.3 is 10.5 Å². The number of nitro benzene ring substituents is 2. The van der Waals surface area contributed by atoms with Crippen LogP contribution >= 0.6 is 0 Å². The summed E-state index contributed by atoms with van der Waals surface area (Å²) >= 11 is 0. The fourth-order valence-electron chi connectivity index (χ4n) is 1.62. The summed E-state index contributed by atoms with van der Waals surface area (Å²) < 4.78 is 18.3. The first-order valence-electron chi connectivity index (χ1n) is 5.53. The predicted molar refractivity (Wildman–Crippen MR) is 70.6 cm³/mol. The molecule has 0 fully saturated rings. The fourth-order valence-corrected chi connectivity index (χ4v) is 1.62. The van der Waals surface area contributed by atoms with Gasteiger partial charge in [-0.2, -0.15) is 0 Å². The van der Waals surface area contributed by atoms with Crippen molar-refractivity contribution >= 4 is 17.1 Å². The molecule has 21 heavy (non-hydrogen) atoms. The summed E-state index contributed by atoms with van der Waals surface area (Å²) in [7, 11) is 0. The van der Waals surface area contributed by atoms with Gasteiger partial charge in [0.1, 0.15) is 11.6 Å². The van der Waals surface area contributed by atoms with Gasteiger partial charge in [-0.05, 0) is 6.07 Å². The van der Waals surface area contributed by atoms with E-state index in [1.165, 1.54) is 6.07 Å². The topological polar surface area (TPSA) is 122 Å². The van der Waals surface area contributed by atoms with E-state index in [1.807, 2.05) is 0 Å². The van der Waals surface area contributed by atoms with E-state index in [0.717, 1.165) is 30.3 Å². The number of anilines is 1. The lowest BCUT2D eigenvalue weighted by Gasteiger charge is -2.07. The minimum atomic E-state index is -0.754. The zero-order chi connectivity index (χ0) is 15.6. The second-order valence-electron chi connectivity index (χ2n) is 3.99. The van der Waals surface area contributed by atoms with Gasteiger partial charge in [-0.25, -0.2) is 4.39 Å². The summed E-state index contributed by atoms with van der Waals surface area (Å²) in [5, 5.41) is 21.5. The van der Waals surface area contributed by atoms with Crippen LogP contribution in [-0.2, 0) is 0 Å². The molecule has 0 aromatic heterocycles. The molecule has 0 atom stereocenters. The molecule has 0 heterocycles. The lowest BCUT2D eigenvalue weighted by atomic mass is 10.2. The van der Waals surface area contributed by atoms with E-state index in [4.69, 9.17) is 10.5 Å². The second kappa shape index (κ2) is 5.41. The summed E-state index contributed by atoms with van der Waals surface area (Å²) in [6, 6.07) is 6.03. The predicted octanol–water partition coefficient (Wildman–Crippen LogP) is 3.02. The maximum Gasteiger partial charge on any atom is 0.311 e. The number of nitro groups is 2. The number of rotatable bonds is 4. The highest BCUT2D eigenvalue weighted by atomic mass is 19.1. The Hall–Kier alpha value is -3.23. The molecule has 0 saturated carbocycles. The number of non-ortho nitro benzene ring substituents is 1. The fraction of sp³-hybridized carbons (Fsp3) is 0. The Balaban J connectivity index is 2.45. The zero-order valence-corrected chi connectivity index (χ0v) is 10.4. The van der Waals surface area contributed by atoms with Gasteiger partial charge in [-0.1, -0.05) is 0 Å². The van der Waals surface area contributed by atoms with E-state index in [-0.39, 0.29) is 22.9 Å². The molecule has 2 aromatic rings. The number of benzene rings is 2. The van der Waals surface area contributed by atoms with Crippen LogP contribution in [0, 0.1) is 26.0 Å². The SMILES string of the molecule is Nc1cc(Oc2cc(F)ccc2[N+](=O)[O-])cc([N+](=O)[O-])c1. The molecule has 0 amide bonds. The summed E-state index contributed by atoms with van der Waals surface area (Å²) in [6.45, 7) is 0. The Morgan fingerprint density at radius 2 is 1.76 bits per heavy atom. The van der Waals surface area contributed by atoms with Crippen molar-refractivity contribution in [3.05, 3.63) is 62.4 Å². The number of halogens is 1. The van der Waals surface area contributed by atoms with Crippen LogP contribution in [0.1, 0.15) is 0 Å². The highest BCUT2D eigenvalue weighted by Gasteiger charge is 2.18. The van der Waals surface area contributed by atoms with Gasteiger partial charge >= 0.3 is 5.69 Å². The van der Waals surface area contributed by atoms with Crippen LogP contribution < -0.4 is 10.5 Å². The Morgan fingerprint density at radius 1 is 1.05 bits per heavy atom. The van der Waals surface area contributed by atoms with E-state index >= 15 is 0 Å². The first kappa shape index (κ1) is 14.2.